The zero-order valence-electron chi connectivity index (χ0n) is 11.5. The van der Waals surface area contributed by atoms with Crippen molar-refractivity contribution in [2.45, 2.75) is 45.6 Å². The standard InChI is InChI=1S/C15H22BrFN2/c1-15(2)7-3-4-12(15)14(19-18)8-10-5-6-11(17)9-13(10)16/h5-6,9,12,14,19H,3-4,7-8,18H2,1-2H3. The molecular weight excluding hydrogens is 307 g/mol. The largest absolute Gasteiger partial charge is 0.271 e. The fourth-order valence-electron chi connectivity index (χ4n) is 3.34. The molecule has 2 atom stereocenters. The molecule has 0 spiro atoms. The van der Waals surface area contributed by atoms with Crippen LogP contribution in [0, 0.1) is 17.2 Å². The fraction of sp³-hybridized carbons (Fsp3) is 0.600. The van der Waals surface area contributed by atoms with Crippen molar-refractivity contribution in [2.24, 2.45) is 17.2 Å². The van der Waals surface area contributed by atoms with Crippen molar-refractivity contribution >= 4 is 15.9 Å². The minimum absolute atomic E-state index is 0.214. The van der Waals surface area contributed by atoms with Gasteiger partial charge in [0.05, 0.1) is 0 Å². The summed E-state index contributed by atoms with van der Waals surface area (Å²) in [5.41, 5.74) is 4.40. The molecule has 1 aromatic rings. The van der Waals surface area contributed by atoms with Crippen LogP contribution in [0.4, 0.5) is 4.39 Å². The molecule has 0 bridgehead atoms. The monoisotopic (exact) mass is 328 g/mol. The number of hydrazine groups is 1. The van der Waals surface area contributed by atoms with Gasteiger partial charge >= 0.3 is 0 Å². The number of halogens is 2. The van der Waals surface area contributed by atoms with Crippen molar-refractivity contribution in [3.63, 3.8) is 0 Å². The van der Waals surface area contributed by atoms with Crippen LogP contribution in [0.2, 0.25) is 0 Å². The van der Waals surface area contributed by atoms with Crippen LogP contribution in [-0.2, 0) is 6.42 Å². The zero-order valence-corrected chi connectivity index (χ0v) is 13.1. The van der Waals surface area contributed by atoms with Crippen molar-refractivity contribution in [1.29, 1.82) is 0 Å². The first-order chi connectivity index (χ1) is 8.94. The summed E-state index contributed by atoms with van der Waals surface area (Å²) in [7, 11) is 0. The third kappa shape index (κ3) is 3.36. The van der Waals surface area contributed by atoms with Gasteiger partial charge in [0.1, 0.15) is 5.82 Å². The molecule has 106 valence electrons. The van der Waals surface area contributed by atoms with E-state index in [1.165, 1.54) is 31.4 Å². The predicted octanol–water partition coefficient (Wildman–Crippen LogP) is 3.79. The van der Waals surface area contributed by atoms with Gasteiger partial charge in [-0.1, -0.05) is 42.3 Å². The molecule has 1 saturated carbocycles. The molecule has 1 aromatic carbocycles. The van der Waals surface area contributed by atoms with E-state index in [9.17, 15) is 4.39 Å². The summed E-state index contributed by atoms with van der Waals surface area (Å²) in [6.07, 6.45) is 4.55. The Morgan fingerprint density at radius 3 is 2.79 bits per heavy atom. The molecule has 0 aromatic heterocycles. The van der Waals surface area contributed by atoms with Crippen LogP contribution in [0.3, 0.4) is 0 Å². The highest BCUT2D eigenvalue weighted by molar-refractivity contribution is 9.10. The summed E-state index contributed by atoms with van der Waals surface area (Å²) in [4.78, 5) is 0. The molecule has 2 rings (SSSR count). The summed E-state index contributed by atoms with van der Waals surface area (Å²) >= 11 is 3.43. The van der Waals surface area contributed by atoms with Gasteiger partial charge in [-0.25, -0.2) is 4.39 Å². The molecule has 1 aliphatic rings. The molecule has 0 amide bonds. The summed E-state index contributed by atoms with van der Waals surface area (Å²) in [6, 6.07) is 5.10. The van der Waals surface area contributed by atoms with Crippen LogP contribution in [0.1, 0.15) is 38.7 Å². The molecule has 0 aliphatic heterocycles. The number of rotatable bonds is 4. The molecule has 0 heterocycles. The maximum atomic E-state index is 13.1. The van der Waals surface area contributed by atoms with E-state index in [0.717, 1.165) is 16.5 Å². The Morgan fingerprint density at radius 2 is 2.26 bits per heavy atom. The molecule has 0 saturated heterocycles. The Morgan fingerprint density at radius 1 is 1.53 bits per heavy atom. The second kappa shape index (κ2) is 5.90. The van der Waals surface area contributed by atoms with Crippen LogP contribution in [0.25, 0.3) is 0 Å². The van der Waals surface area contributed by atoms with Crippen molar-refractivity contribution in [3.05, 3.63) is 34.1 Å². The second-order valence-corrected chi connectivity index (χ2v) is 7.05. The van der Waals surface area contributed by atoms with Gasteiger partial charge in [0, 0.05) is 10.5 Å². The van der Waals surface area contributed by atoms with Gasteiger partial charge in [0.25, 0.3) is 0 Å². The summed E-state index contributed by atoms with van der Waals surface area (Å²) in [6.45, 7) is 4.63. The quantitative estimate of drug-likeness (QED) is 0.651. The average molecular weight is 329 g/mol. The van der Waals surface area contributed by atoms with Gasteiger partial charge < -0.3 is 0 Å². The zero-order chi connectivity index (χ0) is 14.0. The predicted molar refractivity (Wildman–Crippen MR) is 80.0 cm³/mol. The molecule has 2 unspecified atom stereocenters. The number of nitrogens with one attached hydrogen (secondary N) is 1. The van der Waals surface area contributed by atoms with Crippen LogP contribution >= 0.6 is 15.9 Å². The van der Waals surface area contributed by atoms with Gasteiger partial charge in [-0.05, 0) is 48.3 Å². The van der Waals surface area contributed by atoms with Gasteiger partial charge in [0.2, 0.25) is 0 Å². The number of hydrogen-bond donors (Lipinski definition) is 2. The highest BCUT2D eigenvalue weighted by atomic mass is 79.9. The van der Waals surface area contributed by atoms with E-state index in [1.807, 2.05) is 6.07 Å². The second-order valence-electron chi connectivity index (χ2n) is 6.20. The molecule has 19 heavy (non-hydrogen) atoms. The minimum Gasteiger partial charge on any atom is -0.271 e. The van der Waals surface area contributed by atoms with Crippen molar-refractivity contribution in [1.82, 2.24) is 5.43 Å². The molecular formula is C15H22BrFN2. The lowest BCUT2D eigenvalue weighted by Gasteiger charge is -2.34. The van der Waals surface area contributed by atoms with Gasteiger partial charge in [0.15, 0.2) is 0 Å². The van der Waals surface area contributed by atoms with E-state index in [4.69, 9.17) is 5.84 Å². The Hall–Kier alpha value is -0.450. The lowest BCUT2D eigenvalue weighted by Crippen LogP contribution is -2.45. The van der Waals surface area contributed by atoms with Crippen molar-refractivity contribution in [2.75, 3.05) is 0 Å². The maximum Gasteiger partial charge on any atom is 0.124 e. The number of benzene rings is 1. The van der Waals surface area contributed by atoms with Crippen molar-refractivity contribution < 1.29 is 4.39 Å². The first-order valence-corrected chi connectivity index (χ1v) is 7.63. The smallest absolute Gasteiger partial charge is 0.124 e. The molecule has 4 heteroatoms. The highest BCUT2D eigenvalue weighted by Crippen LogP contribution is 2.45. The van der Waals surface area contributed by atoms with Gasteiger partial charge in [-0.15, -0.1) is 0 Å². The van der Waals surface area contributed by atoms with Crippen LogP contribution in [0.5, 0.6) is 0 Å². The topological polar surface area (TPSA) is 38.0 Å². The Bertz CT molecular complexity index is 448. The van der Waals surface area contributed by atoms with E-state index < -0.39 is 0 Å². The molecule has 2 nitrogen and oxygen atoms in total. The van der Waals surface area contributed by atoms with E-state index in [1.54, 1.807) is 0 Å². The molecule has 1 fully saturated rings. The molecule has 3 N–H and O–H groups in total. The average Bonchev–Trinajstić information content (AvgIpc) is 2.68. The number of hydrogen-bond acceptors (Lipinski definition) is 2. The van der Waals surface area contributed by atoms with E-state index >= 15 is 0 Å². The summed E-state index contributed by atoms with van der Waals surface area (Å²) in [5.74, 6) is 6.11. The van der Waals surface area contributed by atoms with E-state index in [-0.39, 0.29) is 11.9 Å². The Kier molecular flexibility index (Phi) is 4.64. The summed E-state index contributed by atoms with van der Waals surface area (Å²) in [5, 5.41) is 0. The van der Waals surface area contributed by atoms with E-state index in [2.05, 4.69) is 35.2 Å². The van der Waals surface area contributed by atoms with Crippen molar-refractivity contribution in [3.8, 4) is 0 Å². The van der Waals surface area contributed by atoms with E-state index in [0.29, 0.717) is 11.3 Å². The Balaban J connectivity index is 2.15. The Labute approximate surface area is 123 Å². The molecule has 1 aliphatic carbocycles. The normalized spacial score (nSPS) is 23.5. The molecule has 0 radical (unpaired) electrons. The van der Waals surface area contributed by atoms with Gasteiger partial charge in [-0.3, -0.25) is 11.3 Å². The lowest BCUT2D eigenvalue weighted by atomic mass is 9.76. The van der Waals surface area contributed by atoms with Gasteiger partial charge in [-0.2, -0.15) is 0 Å². The minimum atomic E-state index is -0.214. The third-order valence-electron chi connectivity index (χ3n) is 4.49. The first kappa shape index (κ1) is 14.9. The fourth-order valence-corrected chi connectivity index (χ4v) is 3.85. The first-order valence-electron chi connectivity index (χ1n) is 6.84. The van der Waals surface area contributed by atoms with Crippen LogP contribution < -0.4 is 11.3 Å². The highest BCUT2D eigenvalue weighted by Gasteiger charge is 2.39. The lowest BCUT2D eigenvalue weighted by molar-refractivity contribution is 0.196. The SMILES string of the molecule is CC1(C)CCCC1C(Cc1ccc(F)cc1Br)NN. The van der Waals surface area contributed by atoms with Crippen LogP contribution in [0.15, 0.2) is 22.7 Å². The van der Waals surface area contributed by atoms with Crippen LogP contribution in [-0.4, -0.2) is 6.04 Å². The summed E-state index contributed by atoms with van der Waals surface area (Å²) < 4.78 is 13.9. The third-order valence-corrected chi connectivity index (χ3v) is 5.23. The number of nitrogens with two attached hydrogens (primary N) is 1. The maximum absolute atomic E-state index is 13.1.